The van der Waals surface area contributed by atoms with Crippen LogP contribution in [0.1, 0.15) is 32.3 Å². The molecule has 4 heteroatoms. The fourth-order valence-electron chi connectivity index (χ4n) is 1.61. The molecule has 1 rings (SSSR count). The molecular formula is C13H19BrN2S. The summed E-state index contributed by atoms with van der Waals surface area (Å²) in [5, 5.41) is 3.39. The molecule has 0 saturated carbocycles. The second-order valence-corrected chi connectivity index (χ2v) is 5.87. The smallest absolute Gasteiger partial charge is 0.106 e. The van der Waals surface area contributed by atoms with Gasteiger partial charge in [-0.25, -0.2) is 0 Å². The lowest BCUT2D eigenvalue weighted by atomic mass is 10.1. The third kappa shape index (κ3) is 5.04. The van der Waals surface area contributed by atoms with Crippen molar-refractivity contribution in [3.63, 3.8) is 0 Å². The summed E-state index contributed by atoms with van der Waals surface area (Å²) in [4.78, 5) is 0.428. The Balaban J connectivity index is 2.61. The Kier molecular flexibility index (Phi) is 5.92. The van der Waals surface area contributed by atoms with E-state index in [9.17, 15) is 0 Å². The van der Waals surface area contributed by atoms with Gasteiger partial charge in [0.2, 0.25) is 0 Å². The lowest BCUT2D eigenvalue weighted by Gasteiger charge is -2.12. The zero-order valence-electron chi connectivity index (χ0n) is 10.3. The van der Waals surface area contributed by atoms with E-state index in [2.05, 4.69) is 35.1 Å². The molecule has 0 unspecified atom stereocenters. The molecule has 0 amide bonds. The first kappa shape index (κ1) is 14.5. The molecule has 2 nitrogen and oxygen atoms in total. The number of benzene rings is 1. The highest BCUT2D eigenvalue weighted by Gasteiger charge is 2.05. The van der Waals surface area contributed by atoms with Crippen molar-refractivity contribution in [1.82, 2.24) is 0 Å². The number of anilines is 1. The second-order valence-electron chi connectivity index (χ2n) is 4.52. The maximum Gasteiger partial charge on any atom is 0.106 e. The van der Waals surface area contributed by atoms with Gasteiger partial charge in [-0.1, -0.05) is 42.0 Å². The van der Waals surface area contributed by atoms with E-state index >= 15 is 0 Å². The monoisotopic (exact) mass is 314 g/mol. The number of hydrogen-bond acceptors (Lipinski definition) is 2. The van der Waals surface area contributed by atoms with Crippen LogP contribution in [0.3, 0.4) is 0 Å². The number of nitrogens with one attached hydrogen (secondary N) is 1. The minimum Gasteiger partial charge on any atom is -0.389 e. The van der Waals surface area contributed by atoms with Crippen LogP contribution in [0, 0.1) is 5.92 Å². The van der Waals surface area contributed by atoms with Crippen LogP contribution in [0.5, 0.6) is 0 Å². The lowest BCUT2D eigenvalue weighted by molar-refractivity contribution is 0.567. The largest absolute Gasteiger partial charge is 0.389 e. The van der Waals surface area contributed by atoms with Gasteiger partial charge in [-0.3, -0.25) is 0 Å². The molecule has 94 valence electrons. The Morgan fingerprint density at radius 2 is 2.18 bits per heavy atom. The Hall–Kier alpha value is -0.610. The highest BCUT2D eigenvalue weighted by atomic mass is 79.9. The summed E-state index contributed by atoms with van der Waals surface area (Å²) in [6, 6.07) is 5.95. The molecule has 1 aromatic rings. The van der Waals surface area contributed by atoms with E-state index in [-0.39, 0.29) is 0 Å². The van der Waals surface area contributed by atoms with Gasteiger partial charge in [0, 0.05) is 22.3 Å². The maximum absolute atomic E-state index is 5.71. The lowest BCUT2D eigenvalue weighted by Crippen LogP contribution is -2.14. The van der Waals surface area contributed by atoms with E-state index in [1.807, 2.05) is 18.2 Å². The number of thiocarbonyl (C=S) groups is 1. The maximum atomic E-state index is 5.71. The van der Waals surface area contributed by atoms with Crippen molar-refractivity contribution in [3.8, 4) is 0 Å². The van der Waals surface area contributed by atoms with Gasteiger partial charge in [0.15, 0.2) is 0 Å². The van der Waals surface area contributed by atoms with Gasteiger partial charge in [0.25, 0.3) is 0 Å². The van der Waals surface area contributed by atoms with Gasteiger partial charge < -0.3 is 11.1 Å². The van der Waals surface area contributed by atoms with E-state index in [1.165, 1.54) is 6.42 Å². The summed E-state index contributed by atoms with van der Waals surface area (Å²) in [7, 11) is 0. The normalized spacial score (nSPS) is 10.6. The molecule has 0 aliphatic heterocycles. The molecule has 0 atom stereocenters. The Morgan fingerprint density at radius 3 is 2.76 bits per heavy atom. The Bertz CT molecular complexity index is 391. The quantitative estimate of drug-likeness (QED) is 0.617. The van der Waals surface area contributed by atoms with Crippen LogP contribution in [0.15, 0.2) is 22.7 Å². The molecule has 3 N–H and O–H groups in total. The summed E-state index contributed by atoms with van der Waals surface area (Å²) >= 11 is 8.47. The molecular weight excluding hydrogens is 296 g/mol. The van der Waals surface area contributed by atoms with Crippen LogP contribution in [0.4, 0.5) is 5.69 Å². The van der Waals surface area contributed by atoms with Crippen molar-refractivity contribution in [2.75, 3.05) is 11.9 Å². The summed E-state index contributed by atoms with van der Waals surface area (Å²) in [5.74, 6) is 0.747. The summed E-state index contributed by atoms with van der Waals surface area (Å²) < 4.78 is 0.994. The van der Waals surface area contributed by atoms with Gasteiger partial charge in [-0.05, 0) is 37.0 Å². The highest BCUT2D eigenvalue weighted by molar-refractivity contribution is 9.10. The molecule has 0 radical (unpaired) electrons. The van der Waals surface area contributed by atoms with E-state index < -0.39 is 0 Å². The SMILES string of the molecule is CC(C)CCCNc1ccc(Br)cc1C(N)=S. The van der Waals surface area contributed by atoms with Crippen LogP contribution in [-0.4, -0.2) is 11.5 Å². The number of hydrogen-bond donors (Lipinski definition) is 2. The van der Waals surface area contributed by atoms with Gasteiger partial charge in [-0.15, -0.1) is 0 Å². The van der Waals surface area contributed by atoms with Crippen LogP contribution in [0.2, 0.25) is 0 Å². The molecule has 0 aromatic heterocycles. The van der Waals surface area contributed by atoms with Gasteiger partial charge in [0.05, 0.1) is 0 Å². The van der Waals surface area contributed by atoms with Crippen LogP contribution in [-0.2, 0) is 0 Å². The standard InChI is InChI=1S/C13H19BrN2S/c1-9(2)4-3-7-16-12-6-5-10(14)8-11(12)13(15)17/h5-6,8-9,16H,3-4,7H2,1-2H3,(H2,15,17). The molecule has 0 bridgehead atoms. The highest BCUT2D eigenvalue weighted by Crippen LogP contribution is 2.21. The summed E-state index contributed by atoms with van der Waals surface area (Å²) in [6.07, 6.45) is 2.39. The van der Waals surface area contributed by atoms with Crippen LogP contribution >= 0.6 is 28.1 Å². The van der Waals surface area contributed by atoms with Crippen LogP contribution < -0.4 is 11.1 Å². The first-order chi connectivity index (χ1) is 8.00. The number of nitrogens with two attached hydrogens (primary N) is 1. The minimum absolute atomic E-state index is 0.428. The van der Waals surface area contributed by atoms with Gasteiger partial charge in [-0.2, -0.15) is 0 Å². The van der Waals surface area contributed by atoms with E-state index in [0.29, 0.717) is 4.99 Å². The van der Waals surface area contributed by atoms with Crippen LogP contribution in [0.25, 0.3) is 0 Å². The molecule has 0 aliphatic carbocycles. The molecule has 0 heterocycles. The van der Waals surface area contributed by atoms with Crippen molar-refractivity contribution in [3.05, 3.63) is 28.2 Å². The first-order valence-corrected chi connectivity index (χ1v) is 7.04. The van der Waals surface area contributed by atoms with Crippen molar-refractivity contribution in [2.45, 2.75) is 26.7 Å². The van der Waals surface area contributed by atoms with E-state index in [0.717, 1.165) is 34.6 Å². The molecule has 17 heavy (non-hydrogen) atoms. The molecule has 1 aromatic carbocycles. The number of halogens is 1. The molecule has 0 spiro atoms. The first-order valence-electron chi connectivity index (χ1n) is 5.84. The third-order valence-electron chi connectivity index (χ3n) is 2.52. The molecule has 0 aliphatic rings. The third-order valence-corrected chi connectivity index (χ3v) is 3.23. The summed E-state index contributed by atoms with van der Waals surface area (Å²) in [6.45, 7) is 5.43. The molecule has 0 fully saturated rings. The van der Waals surface area contributed by atoms with Crippen molar-refractivity contribution >= 4 is 38.8 Å². The zero-order valence-corrected chi connectivity index (χ0v) is 12.7. The van der Waals surface area contributed by atoms with Crippen molar-refractivity contribution < 1.29 is 0 Å². The second kappa shape index (κ2) is 6.97. The summed E-state index contributed by atoms with van der Waals surface area (Å²) in [5.41, 5.74) is 7.63. The van der Waals surface area contributed by atoms with Gasteiger partial charge in [0.1, 0.15) is 4.99 Å². The minimum atomic E-state index is 0.428. The number of rotatable bonds is 6. The molecule has 0 saturated heterocycles. The predicted octanol–water partition coefficient (Wildman–Crippen LogP) is 3.93. The van der Waals surface area contributed by atoms with Crippen molar-refractivity contribution in [1.29, 1.82) is 0 Å². The predicted molar refractivity (Wildman–Crippen MR) is 82.6 cm³/mol. The zero-order chi connectivity index (χ0) is 12.8. The average Bonchev–Trinajstić information content (AvgIpc) is 2.25. The average molecular weight is 315 g/mol. The Labute approximate surface area is 117 Å². The van der Waals surface area contributed by atoms with E-state index in [4.69, 9.17) is 18.0 Å². The Morgan fingerprint density at radius 1 is 1.47 bits per heavy atom. The van der Waals surface area contributed by atoms with E-state index in [1.54, 1.807) is 0 Å². The topological polar surface area (TPSA) is 38.0 Å². The fourth-order valence-corrected chi connectivity index (χ4v) is 2.14. The fraction of sp³-hybridized carbons (Fsp3) is 0.462. The van der Waals surface area contributed by atoms with Gasteiger partial charge >= 0.3 is 0 Å². The van der Waals surface area contributed by atoms with Crippen molar-refractivity contribution in [2.24, 2.45) is 11.7 Å².